The summed E-state index contributed by atoms with van der Waals surface area (Å²) in [6.07, 6.45) is 0. The number of sulfone groups is 2. The molecule has 0 aromatic carbocycles. The first-order chi connectivity index (χ1) is 13.3. The molecule has 3 atom stereocenters. The Hall–Kier alpha value is -0.780. The Balaban J connectivity index is 1.82. The van der Waals surface area contributed by atoms with E-state index in [1.54, 1.807) is 28.8 Å². The lowest BCUT2D eigenvalue weighted by molar-refractivity contribution is 0.212. The van der Waals surface area contributed by atoms with Gasteiger partial charge in [-0.1, -0.05) is 26.0 Å². The van der Waals surface area contributed by atoms with Crippen molar-refractivity contribution in [2.75, 3.05) is 31.1 Å². The molecule has 0 bridgehead atoms. The summed E-state index contributed by atoms with van der Waals surface area (Å²) in [6.45, 7) is 6.42. The van der Waals surface area contributed by atoms with Crippen molar-refractivity contribution >= 4 is 42.3 Å². The minimum absolute atomic E-state index is 0.0865. The van der Waals surface area contributed by atoms with E-state index >= 15 is 0 Å². The van der Waals surface area contributed by atoms with Crippen LogP contribution in [0.2, 0.25) is 0 Å². The third kappa shape index (κ3) is 4.68. The Morgan fingerprint density at radius 3 is 2.39 bits per heavy atom. The minimum Gasteiger partial charge on any atom is -0.310 e. The van der Waals surface area contributed by atoms with E-state index in [1.165, 1.54) is 4.88 Å². The summed E-state index contributed by atoms with van der Waals surface area (Å²) in [5, 5.41) is 6.08. The van der Waals surface area contributed by atoms with E-state index < -0.39 is 31.0 Å². The van der Waals surface area contributed by atoms with E-state index in [-0.39, 0.29) is 21.8 Å². The molecule has 0 aliphatic carbocycles. The zero-order chi connectivity index (χ0) is 20.4. The molecule has 0 spiro atoms. The van der Waals surface area contributed by atoms with Crippen LogP contribution in [0.1, 0.15) is 24.8 Å². The summed E-state index contributed by atoms with van der Waals surface area (Å²) in [6, 6.07) is 6.78. The van der Waals surface area contributed by atoms with Gasteiger partial charge in [0, 0.05) is 17.5 Å². The quantitative estimate of drug-likeness (QED) is 0.616. The van der Waals surface area contributed by atoms with Crippen molar-refractivity contribution in [3.63, 3.8) is 0 Å². The molecule has 3 heterocycles. The third-order valence-corrected chi connectivity index (χ3v) is 11.7. The van der Waals surface area contributed by atoms with Gasteiger partial charge in [-0.05, 0) is 36.0 Å². The van der Waals surface area contributed by atoms with Crippen LogP contribution in [0.5, 0.6) is 0 Å². The van der Waals surface area contributed by atoms with Crippen molar-refractivity contribution in [2.45, 2.75) is 35.4 Å². The normalized spacial score (nSPS) is 23.2. The second-order valence-electron chi connectivity index (χ2n) is 6.86. The molecule has 6 nitrogen and oxygen atoms in total. The summed E-state index contributed by atoms with van der Waals surface area (Å²) in [5.41, 5.74) is 0. The van der Waals surface area contributed by atoms with E-state index in [2.05, 4.69) is 30.1 Å². The molecule has 0 saturated carbocycles. The second-order valence-corrected chi connectivity index (χ2v) is 13.3. The van der Waals surface area contributed by atoms with Crippen molar-refractivity contribution in [2.24, 2.45) is 0 Å². The van der Waals surface area contributed by atoms with Gasteiger partial charge in [0.25, 0.3) is 0 Å². The number of hydrogen-bond acceptors (Lipinski definition) is 8. The zero-order valence-electron chi connectivity index (χ0n) is 15.9. The Bertz CT molecular complexity index is 949. The van der Waals surface area contributed by atoms with Crippen molar-refractivity contribution in [1.29, 1.82) is 0 Å². The Labute approximate surface area is 175 Å². The molecule has 156 valence electrons. The molecule has 1 unspecified atom stereocenters. The summed E-state index contributed by atoms with van der Waals surface area (Å²) < 4.78 is 50.8. The standard InChI is InChI=1S/C18H26N2O4S4/c1-3-20(4-2)15(16-7-5-9-25-16)11-19-14-12-27(21,22)13-17(14)28(23,24)18-8-6-10-26-18/h5-10,14-15,17,19H,3-4,11-13H2,1-2H3/t14-,15?,17-/m0/s1. The lowest BCUT2D eigenvalue weighted by atomic mass is 10.1. The van der Waals surface area contributed by atoms with Crippen LogP contribution in [0.3, 0.4) is 0 Å². The maximum absolute atomic E-state index is 13.0. The van der Waals surface area contributed by atoms with Crippen molar-refractivity contribution in [3.05, 3.63) is 39.9 Å². The first kappa shape index (κ1) is 21.9. The Kier molecular flexibility index (Phi) is 6.99. The fraction of sp³-hybridized carbons (Fsp3) is 0.556. The van der Waals surface area contributed by atoms with Crippen LogP contribution in [0.25, 0.3) is 0 Å². The van der Waals surface area contributed by atoms with Gasteiger partial charge < -0.3 is 5.32 Å². The maximum Gasteiger partial charge on any atom is 0.193 e. The van der Waals surface area contributed by atoms with Crippen LogP contribution in [0.15, 0.2) is 39.2 Å². The van der Waals surface area contributed by atoms with Gasteiger partial charge in [0.2, 0.25) is 0 Å². The van der Waals surface area contributed by atoms with E-state index in [1.807, 2.05) is 11.4 Å². The highest BCUT2D eigenvalue weighted by atomic mass is 32.2. The highest BCUT2D eigenvalue weighted by Gasteiger charge is 2.46. The first-order valence-electron chi connectivity index (χ1n) is 9.27. The fourth-order valence-electron chi connectivity index (χ4n) is 3.70. The van der Waals surface area contributed by atoms with E-state index in [0.717, 1.165) is 24.4 Å². The Morgan fingerprint density at radius 1 is 1.14 bits per heavy atom. The molecule has 28 heavy (non-hydrogen) atoms. The third-order valence-electron chi connectivity index (χ3n) is 5.17. The smallest absolute Gasteiger partial charge is 0.193 e. The number of nitrogens with zero attached hydrogens (tertiary/aromatic N) is 1. The molecule has 10 heteroatoms. The Morgan fingerprint density at radius 2 is 1.82 bits per heavy atom. The average molecular weight is 463 g/mol. The molecule has 1 N–H and O–H groups in total. The van der Waals surface area contributed by atoms with Gasteiger partial charge in [-0.2, -0.15) is 0 Å². The van der Waals surface area contributed by atoms with Gasteiger partial charge in [0.05, 0.1) is 22.8 Å². The van der Waals surface area contributed by atoms with Crippen LogP contribution >= 0.6 is 22.7 Å². The van der Waals surface area contributed by atoms with Gasteiger partial charge in [-0.15, -0.1) is 22.7 Å². The van der Waals surface area contributed by atoms with Crippen LogP contribution < -0.4 is 5.32 Å². The van der Waals surface area contributed by atoms with Crippen LogP contribution in [-0.4, -0.2) is 64.2 Å². The zero-order valence-corrected chi connectivity index (χ0v) is 19.2. The van der Waals surface area contributed by atoms with E-state index in [9.17, 15) is 16.8 Å². The molecule has 0 amide bonds. The highest BCUT2D eigenvalue weighted by Crippen LogP contribution is 2.30. The summed E-state index contributed by atoms with van der Waals surface area (Å²) >= 11 is 2.80. The fourth-order valence-corrected chi connectivity index (χ4v) is 10.5. The van der Waals surface area contributed by atoms with E-state index in [0.29, 0.717) is 6.54 Å². The molecular weight excluding hydrogens is 436 g/mol. The number of rotatable bonds is 9. The molecule has 1 aliphatic heterocycles. The monoisotopic (exact) mass is 462 g/mol. The molecule has 2 aromatic heterocycles. The molecular formula is C18H26N2O4S4. The lowest BCUT2D eigenvalue weighted by Gasteiger charge is -2.31. The second kappa shape index (κ2) is 8.93. The van der Waals surface area contributed by atoms with Crippen LogP contribution in [0.4, 0.5) is 0 Å². The van der Waals surface area contributed by atoms with Crippen LogP contribution in [0, 0.1) is 0 Å². The number of likely N-dealkylation sites (N-methyl/N-ethyl adjacent to an activating group) is 1. The first-order valence-corrected chi connectivity index (χ1v) is 14.4. The average Bonchev–Trinajstić information content (AvgIpc) is 3.39. The highest BCUT2D eigenvalue weighted by molar-refractivity contribution is 7.97. The molecule has 0 radical (unpaired) electrons. The summed E-state index contributed by atoms with van der Waals surface area (Å²) in [7, 11) is -7.08. The van der Waals surface area contributed by atoms with Gasteiger partial charge in [0.1, 0.15) is 4.21 Å². The van der Waals surface area contributed by atoms with Crippen LogP contribution in [-0.2, 0) is 19.7 Å². The molecule has 3 rings (SSSR count). The molecule has 1 saturated heterocycles. The maximum atomic E-state index is 13.0. The van der Waals surface area contributed by atoms with Crippen molar-refractivity contribution in [1.82, 2.24) is 10.2 Å². The number of thiophene rings is 2. The van der Waals surface area contributed by atoms with Gasteiger partial charge >= 0.3 is 0 Å². The van der Waals surface area contributed by atoms with E-state index in [4.69, 9.17) is 0 Å². The number of hydrogen-bond donors (Lipinski definition) is 1. The molecule has 1 aliphatic rings. The summed E-state index contributed by atoms with van der Waals surface area (Å²) in [4.78, 5) is 3.49. The number of nitrogens with one attached hydrogen (secondary N) is 1. The summed E-state index contributed by atoms with van der Waals surface area (Å²) in [5.74, 6) is -0.461. The predicted molar refractivity (Wildman–Crippen MR) is 116 cm³/mol. The molecule has 2 aromatic rings. The van der Waals surface area contributed by atoms with Crippen molar-refractivity contribution < 1.29 is 16.8 Å². The topological polar surface area (TPSA) is 83.6 Å². The van der Waals surface area contributed by atoms with Gasteiger partial charge in [-0.25, -0.2) is 16.8 Å². The largest absolute Gasteiger partial charge is 0.310 e. The predicted octanol–water partition coefficient (Wildman–Crippen LogP) is 2.42. The van der Waals surface area contributed by atoms with Crippen molar-refractivity contribution in [3.8, 4) is 0 Å². The minimum atomic E-state index is -3.68. The molecule has 1 fully saturated rings. The SMILES string of the molecule is CCN(CC)C(CN[C@H]1CS(=O)(=O)C[C@@H]1S(=O)(=O)c1cccs1)c1cccs1. The van der Waals surface area contributed by atoms with Gasteiger partial charge in [0.15, 0.2) is 19.7 Å². The van der Waals surface area contributed by atoms with Gasteiger partial charge in [-0.3, -0.25) is 4.90 Å². The lowest BCUT2D eigenvalue weighted by Crippen LogP contribution is -2.46.